The first-order chi connectivity index (χ1) is 11.2. The Labute approximate surface area is 145 Å². The average Bonchev–Trinajstić information content (AvgIpc) is 2.54. The van der Waals surface area contributed by atoms with Crippen molar-refractivity contribution in [3.63, 3.8) is 0 Å². The van der Waals surface area contributed by atoms with E-state index in [1.54, 1.807) is 0 Å². The SMILES string of the molecule is CCCCCCCCC(C)CCCC(=O)OCCCCCCC. The summed E-state index contributed by atoms with van der Waals surface area (Å²) in [5.41, 5.74) is 0. The van der Waals surface area contributed by atoms with Crippen LogP contribution in [0.25, 0.3) is 0 Å². The molecule has 0 rings (SSSR count). The second-order valence-electron chi connectivity index (χ2n) is 7.19. The quantitative estimate of drug-likeness (QED) is 0.211. The number of rotatable bonds is 17. The van der Waals surface area contributed by atoms with Crippen molar-refractivity contribution in [3.05, 3.63) is 0 Å². The van der Waals surface area contributed by atoms with Gasteiger partial charge < -0.3 is 4.74 Å². The molecule has 0 fully saturated rings. The second kappa shape index (κ2) is 17.8. The molecule has 138 valence electrons. The van der Waals surface area contributed by atoms with Crippen LogP contribution >= 0.6 is 0 Å². The Kier molecular flexibility index (Phi) is 17.4. The third-order valence-electron chi connectivity index (χ3n) is 4.64. The van der Waals surface area contributed by atoms with Crippen LogP contribution in [0.5, 0.6) is 0 Å². The van der Waals surface area contributed by atoms with Crippen molar-refractivity contribution < 1.29 is 9.53 Å². The minimum atomic E-state index is 0.00672. The molecule has 0 bridgehead atoms. The van der Waals surface area contributed by atoms with Gasteiger partial charge in [0.15, 0.2) is 0 Å². The van der Waals surface area contributed by atoms with Crippen LogP contribution in [0.15, 0.2) is 0 Å². The zero-order valence-corrected chi connectivity index (χ0v) is 16.2. The van der Waals surface area contributed by atoms with Gasteiger partial charge in [-0.3, -0.25) is 4.79 Å². The third kappa shape index (κ3) is 17.7. The van der Waals surface area contributed by atoms with E-state index < -0.39 is 0 Å². The summed E-state index contributed by atoms with van der Waals surface area (Å²) in [5.74, 6) is 0.760. The standard InChI is InChI=1S/C21H42O2/c1-4-6-8-10-11-13-16-20(3)17-15-18-21(22)23-19-14-12-9-7-5-2/h20H,4-19H2,1-3H3. The highest BCUT2D eigenvalue weighted by Gasteiger charge is 2.06. The van der Waals surface area contributed by atoms with Crippen LogP contribution in [0.2, 0.25) is 0 Å². The summed E-state index contributed by atoms with van der Waals surface area (Å²) in [5, 5.41) is 0. The fourth-order valence-electron chi connectivity index (χ4n) is 2.98. The van der Waals surface area contributed by atoms with E-state index in [4.69, 9.17) is 4.74 Å². The smallest absolute Gasteiger partial charge is 0.305 e. The van der Waals surface area contributed by atoms with Crippen LogP contribution < -0.4 is 0 Å². The Morgan fingerprint density at radius 3 is 1.91 bits per heavy atom. The molecule has 0 heterocycles. The van der Waals surface area contributed by atoms with Gasteiger partial charge in [-0.25, -0.2) is 0 Å². The van der Waals surface area contributed by atoms with E-state index >= 15 is 0 Å². The highest BCUT2D eigenvalue weighted by molar-refractivity contribution is 5.69. The lowest BCUT2D eigenvalue weighted by Gasteiger charge is -2.11. The number of unbranched alkanes of at least 4 members (excludes halogenated alkanes) is 9. The molecule has 0 aliphatic rings. The largest absolute Gasteiger partial charge is 0.466 e. The van der Waals surface area contributed by atoms with Crippen LogP contribution in [0.3, 0.4) is 0 Å². The Bertz CT molecular complexity index is 250. The Balaban J connectivity index is 3.32. The molecule has 0 amide bonds. The van der Waals surface area contributed by atoms with Gasteiger partial charge in [-0.1, -0.05) is 97.8 Å². The van der Waals surface area contributed by atoms with Gasteiger partial charge in [0.05, 0.1) is 6.61 Å². The average molecular weight is 327 g/mol. The fourth-order valence-corrected chi connectivity index (χ4v) is 2.98. The highest BCUT2D eigenvalue weighted by atomic mass is 16.5. The fraction of sp³-hybridized carbons (Fsp3) is 0.952. The van der Waals surface area contributed by atoms with E-state index in [0.717, 1.165) is 18.8 Å². The zero-order chi connectivity index (χ0) is 17.2. The van der Waals surface area contributed by atoms with E-state index in [0.29, 0.717) is 13.0 Å². The van der Waals surface area contributed by atoms with Crippen molar-refractivity contribution in [2.24, 2.45) is 5.92 Å². The van der Waals surface area contributed by atoms with Crippen LogP contribution in [-0.2, 0) is 9.53 Å². The Hall–Kier alpha value is -0.530. The molecule has 23 heavy (non-hydrogen) atoms. The lowest BCUT2D eigenvalue weighted by molar-refractivity contribution is -0.143. The maximum atomic E-state index is 11.7. The van der Waals surface area contributed by atoms with Gasteiger partial charge in [-0.05, 0) is 18.8 Å². The van der Waals surface area contributed by atoms with E-state index in [-0.39, 0.29) is 5.97 Å². The molecule has 2 nitrogen and oxygen atoms in total. The maximum absolute atomic E-state index is 11.7. The molecule has 0 aliphatic carbocycles. The number of esters is 1. The molecule has 1 unspecified atom stereocenters. The van der Waals surface area contributed by atoms with E-state index in [1.807, 2.05) is 0 Å². The lowest BCUT2D eigenvalue weighted by atomic mass is 9.97. The summed E-state index contributed by atoms with van der Waals surface area (Å²) >= 11 is 0. The van der Waals surface area contributed by atoms with Crippen molar-refractivity contribution in [2.75, 3.05) is 6.61 Å². The molecular formula is C21H42O2. The highest BCUT2D eigenvalue weighted by Crippen LogP contribution is 2.17. The molecule has 0 aromatic carbocycles. The van der Waals surface area contributed by atoms with Crippen molar-refractivity contribution in [3.8, 4) is 0 Å². The lowest BCUT2D eigenvalue weighted by Crippen LogP contribution is -2.06. The van der Waals surface area contributed by atoms with Crippen molar-refractivity contribution in [2.45, 2.75) is 117 Å². The Morgan fingerprint density at radius 2 is 1.26 bits per heavy atom. The van der Waals surface area contributed by atoms with Crippen LogP contribution in [0, 0.1) is 5.92 Å². The summed E-state index contributed by atoms with van der Waals surface area (Å²) in [6, 6.07) is 0. The summed E-state index contributed by atoms with van der Waals surface area (Å²) in [6.45, 7) is 7.42. The van der Waals surface area contributed by atoms with Crippen molar-refractivity contribution >= 4 is 5.97 Å². The molecule has 0 aromatic rings. The van der Waals surface area contributed by atoms with E-state index in [9.17, 15) is 4.79 Å². The van der Waals surface area contributed by atoms with Crippen LogP contribution in [0.4, 0.5) is 0 Å². The topological polar surface area (TPSA) is 26.3 Å². The predicted octanol–water partition coefficient (Wildman–Crippen LogP) is 7.06. The monoisotopic (exact) mass is 326 g/mol. The Morgan fingerprint density at radius 1 is 0.739 bits per heavy atom. The minimum Gasteiger partial charge on any atom is -0.466 e. The van der Waals surface area contributed by atoms with Crippen molar-refractivity contribution in [1.82, 2.24) is 0 Å². The molecule has 0 N–H and O–H groups in total. The number of hydrogen-bond acceptors (Lipinski definition) is 2. The number of carbonyl (C=O) groups is 1. The normalized spacial score (nSPS) is 12.3. The number of hydrogen-bond donors (Lipinski definition) is 0. The predicted molar refractivity (Wildman–Crippen MR) is 101 cm³/mol. The molecule has 0 saturated heterocycles. The molecule has 0 aromatic heterocycles. The zero-order valence-electron chi connectivity index (χ0n) is 16.2. The number of carbonyl (C=O) groups excluding carboxylic acids is 1. The molecule has 0 saturated carbocycles. The minimum absolute atomic E-state index is 0.00672. The van der Waals surface area contributed by atoms with E-state index in [1.165, 1.54) is 77.0 Å². The van der Waals surface area contributed by atoms with Gasteiger partial charge in [-0.15, -0.1) is 0 Å². The van der Waals surface area contributed by atoms with Gasteiger partial charge in [-0.2, -0.15) is 0 Å². The van der Waals surface area contributed by atoms with Gasteiger partial charge >= 0.3 is 5.97 Å². The first kappa shape index (κ1) is 22.5. The van der Waals surface area contributed by atoms with Crippen LogP contribution in [0.1, 0.15) is 117 Å². The summed E-state index contributed by atoms with van der Waals surface area (Å²) in [4.78, 5) is 11.7. The second-order valence-corrected chi connectivity index (χ2v) is 7.19. The number of ether oxygens (including phenoxy) is 1. The first-order valence-electron chi connectivity index (χ1n) is 10.4. The third-order valence-corrected chi connectivity index (χ3v) is 4.64. The molecule has 2 heteroatoms. The summed E-state index contributed by atoms with van der Waals surface area (Å²) < 4.78 is 5.30. The van der Waals surface area contributed by atoms with Gasteiger partial charge in [0, 0.05) is 6.42 Å². The van der Waals surface area contributed by atoms with Crippen molar-refractivity contribution in [1.29, 1.82) is 0 Å². The first-order valence-corrected chi connectivity index (χ1v) is 10.4. The summed E-state index contributed by atoms with van der Waals surface area (Å²) in [6.07, 6.45) is 18.4. The van der Waals surface area contributed by atoms with Gasteiger partial charge in [0.2, 0.25) is 0 Å². The van der Waals surface area contributed by atoms with Gasteiger partial charge in [0.25, 0.3) is 0 Å². The van der Waals surface area contributed by atoms with Crippen LogP contribution in [-0.4, -0.2) is 12.6 Å². The summed E-state index contributed by atoms with van der Waals surface area (Å²) in [7, 11) is 0. The molecular weight excluding hydrogens is 284 g/mol. The van der Waals surface area contributed by atoms with E-state index in [2.05, 4.69) is 20.8 Å². The molecule has 0 radical (unpaired) electrons. The molecule has 0 spiro atoms. The maximum Gasteiger partial charge on any atom is 0.305 e. The molecule has 0 aliphatic heterocycles. The molecule has 1 atom stereocenters. The van der Waals surface area contributed by atoms with Gasteiger partial charge in [0.1, 0.15) is 0 Å².